The van der Waals surface area contributed by atoms with Gasteiger partial charge in [0.25, 0.3) is 0 Å². The number of benzene rings is 2. The molecule has 1 atom stereocenters. The van der Waals surface area contributed by atoms with E-state index >= 15 is 0 Å². The monoisotopic (exact) mass is 463 g/mol. The molecule has 2 aromatic rings. The summed E-state index contributed by atoms with van der Waals surface area (Å²) in [6.07, 6.45) is 2.86. The highest BCUT2D eigenvalue weighted by atomic mass is 35.5. The van der Waals surface area contributed by atoms with E-state index in [1.165, 1.54) is 4.31 Å². The van der Waals surface area contributed by atoms with E-state index in [0.29, 0.717) is 30.1 Å². The molecule has 3 rings (SSSR count). The molecule has 166 valence electrons. The van der Waals surface area contributed by atoms with Crippen LogP contribution in [0.15, 0.2) is 53.4 Å². The van der Waals surface area contributed by atoms with Crippen molar-refractivity contribution in [2.45, 2.75) is 43.5 Å². The topological polar surface area (TPSA) is 95.6 Å². The largest absolute Gasteiger partial charge is 0.348 e. The summed E-state index contributed by atoms with van der Waals surface area (Å²) in [5.74, 6) is -1.61. The van der Waals surface area contributed by atoms with Crippen molar-refractivity contribution in [2.75, 3.05) is 18.4 Å². The van der Waals surface area contributed by atoms with Crippen molar-refractivity contribution in [1.29, 1.82) is 0 Å². The van der Waals surface area contributed by atoms with E-state index in [1.54, 1.807) is 48.5 Å². The Kier molecular flexibility index (Phi) is 7.69. The number of carbonyl (C=O) groups is 2. The number of amides is 2. The maximum absolute atomic E-state index is 13.1. The molecule has 0 aromatic heterocycles. The third-order valence-corrected chi connectivity index (χ3v) is 7.59. The predicted octanol–water partition coefficient (Wildman–Crippen LogP) is 3.34. The van der Waals surface area contributed by atoms with Crippen molar-refractivity contribution in [2.24, 2.45) is 0 Å². The Labute approximate surface area is 187 Å². The van der Waals surface area contributed by atoms with Crippen LogP contribution in [0.5, 0.6) is 0 Å². The number of nitrogens with zero attached hydrogens (tertiary/aromatic N) is 1. The summed E-state index contributed by atoms with van der Waals surface area (Å²) in [5.41, 5.74) is 1.35. The standard InChI is InChI=1S/C22H26ClN3O4S/c1-16-9-11-18(12-10-16)31(29,30)26-15-5-4-6-17(26)13-14-24-21(27)22(28)25-20-8-3-2-7-19(20)23/h2-3,7-12,17H,4-6,13-15H2,1H3,(H,24,27)(H,25,28)/t17-/m1/s1. The maximum atomic E-state index is 13.1. The van der Waals surface area contributed by atoms with Crippen LogP contribution in [0.2, 0.25) is 5.02 Å². The number of carbonyl (C=O) groups excluding carboxylic acids is 2. The average Bonchev–Trinajstić information content (AvgIpc) is 2.76. The number of halogens is 1. The fourth-order valence-electron chi connectivity index (χ4n) is 3.60. The van der Waals surface area contributed by atoms with Crippen molar-refractivity contribution >= 4 is 39.1 Å². The van der Waals surface area contributed by atoms with Crippen LogP contribution in [0.1, 0.15) is 31.2 Å². The van der Waals surface area contributed by atoms with Gasteiger partial charge in [-0.1, -0.05) is 47.9 Å². The van der Waals surface area contributed by atoms with Crippen LogP contribution < -0.4 is 10.6 Å². The van der Waals surface area contributed by atoms with Gasteiger partial charge in [-0.25, -0.2) is 8.42 Å². The molecule has 2 amide bonds. The molecule has 9 heteroatoms. The molecule has 1 heterocycles. The second kappa shape index (κ2) is 10.3. The van der Waals surface area contributed by atoms with Crippen LogP contribution >= 0.6 is 11.6 Å². The molecule has 0 spiro atoms. The highest BCUT2D eigenvalue weighted by Gasteiger charge is 2.33. The number of rotatable bonds is 6. The molecule has 0 bridgehead atoms. The van der Waals surface area contributed by atoms with Gasteiger partial charge in [0.2, 0.25) is 10.0 Å². The van der Waals surface area contributed by atoms with Gasteiger partial charge < -0.3 is 10.6 Å². The summed E-state index contributed by atoms with van der Waals surface area (Å²) < 4.78 is 27.7. The zero-order valence-electron chi connectivity index (χ0n) is 17.3. The van der Waals surface area contributed by atoms with Crippen molar-refractivity contribution in [3.8, 4) is 0 Å². The molecule has 0 radical (unpaired) electrons. The smallest absolute Gasteiger partial charge is 0.313 e. The number of aryl methyl sites for hydroxylation is 1. The molecule has 7 nitrogen and oxygen atoms in total. The Hall–Kier alpha value is -2.42. The number of hydrogen-bond donors (Lipinski definition) is 2. The summed E-state index contributed by atoms with van der Waals surface area (Å²) in [6.45, 7) is 2.55. The van der Waals surface area contributed by atoms with Crippen LogP contribution in [0.25, 0.3) is 0 Å². The van der Waals surface area contributed by atoms with E-state index in [4.69, 9.17) is 11.6 Å². The first-order valence-electron chi connectivity index (χ1n) is 10.2. The molecule has 0 saturated carbocycles. The second-order valence-corrected chi connectivity index (χ2v) is 9.85. The summed E-state index contributed by atoms with van der Waals surface area (Å²) in [7, 11) is -3.61. The summed E-state index contributed by atoms with van der Waals surface area (Å²) in [4.78, 5) is 24.5. The third-order valence-electron chi connectivity index (χ3n) is 5.29. The van der Waals surface area contributed by atoms with Crippen LogP contribution in [-0.4, -0.2) is 43.7 Å². The Balaban J connectivity index is 1.58. The molecule has 1 saturated heterocycles. The molecule has 0 aliphatic carbocycles. The SMILES string of the molecule is Cc1ccc(S(=O)(=O)N2CCCC[C@@H]2CCNC(=O)C(=O)Nc2ccccc2Cl)cc1. The van der Waals surface area contributed by atoms with E-state index in [1.807, 2.05) is 6.92 Å². The average molecular weight is 464 g/mol. The lowest BCUT2D eigenvalue weighted by Crippen LogP contribution is -2.45. The van der Waals surface area contributed by atoms with Gasteiger partial charge in [-0.2, -0.15) is 4.31 Å². The fourth-order valence-corrected chi connectivity index (χ4v) is 5.51. The van der Waals surface area contributed by atoms with Gasteiger partial charge in [0.15, 0.2) is 0 Å². The zero-order chi connectivity index (χ0) is 22.4. The van der Waals surface area contributed by atoms with E-state index < -0.39 is 21.8 Å². The van der Waals surface area contributed by atoms with Gasteiger partial charge in [0.1, 0.15) is 0 Å². The predicted molar refractivity (Wildman–Crippen MR) is 120 cm³/mol. The first-order valence-corrected chi connectivity index (χ1v) is 12.0. The quantitative estimate of drug-likeness (QED) is 0.642. The van der Waals surface area contributed by atoms with Crippen molar-refractivity contribution in [3.63, 3.8) is 0 Å². The van der Waals surface area contributed by atoms with Crippen molar-refractivity contribution < 1.29 is 18.0 Å². The molecule has 0 unspecified atom stereocenters. The number of piperidine rings is 1. The summed E-state index contributed by atoms with van der Waals surface area (Å²) >= 11 is 5.99. The Morgan fingerprint density at radius 1 is 1.06 bits per heavy atom. The highest BCUT2D eigenvalue weighted by molar-refractivity contribution is 7.89. The summed E-state index contributed by atoms with van der Waals surface area (Å²) in [6, 6.07) is 13.2. The van der Waals surface area contributed by atoms with Crippen molar-refractivity contribution in [3.05, 3.63) is 59.1 Å². The number of para-hydroxylation sites is 1. The van der Waals surface area contributed by atoms with Crippen LogP contribution in [0.4, 0.5) is 5.69 Å². The minimum atomic E-state index is -3.61. The van der Waals surface area contributed by atoms with Crippen LogP contribution in [0.3, 0.4) is 0 Å². The van der Waals surface area contributed by atoms with Crippen molar-refractivity contribution in [1.82, 2.24) is 9.62 Å². The normalized spacial score (nSPS) is 17.2. The Morgan fingerprint density at radius 2 is 1.77 bits per heavy atom. The molecule has 2 aromatic carbocycles. The zero-order valence-corrected chi connectivity index (χ0v) is 18.9. The molecular formula is C22H26ClN3O4S. The molecule has 1 aliphatic rings. The van der Waals surface area contributed by atoms with Gasteiger partial charge >= 0.3 is 11.8 Å². The first-order chi connectivity index (χ1) is 14.8. The number of sulfonamides is 1. The highest BCUT2D eigenvalue weighted by Crippen LogP contribution is 2.27. The van der Waals surface area contributed by atoms with Gasteiger partial charge in [-0.15, -0.1) is 0 Å². The minimum absolute atomic E-state index is 0.194. The Morgan fingerprint density at radius 3 is 2.48 bits per heavy atom. The lowest BCUT2D eigenvalue weighted by molar-refractivity contribution is -0.136. The number of hydrogen-bond acceptors (Lipinski definition) is 4. The van der Waals surface area contributed by atoms with Crippen LogP contribution in [0, 0.1) is 6.92 Å². The summed E-state index contributed by atoms with van der Waals surface area (Å²) in [5, 5.41) is 5.38. The van der Waals surface area contributed by atoms with E-state index in [9.17, 15) is 18.0 Å². The number of anilines is 1. The molecule has 2 N–H and O–H groups in total. The first kappa shape index (κ1) is 23.2. The minimum Gasteiger partial charge on any atom is -0.348 e. The van der Waals surface area contributed by atoms with Gasteiger partial charge in [-0.05, 0) is 50.5 Å². The molecule has 1 aliphatic heterocycles. The third kappa shape index (κ3) is 5.84. The van der Waals surface area contributed by atoms with Gasteiger partial charge in [-0.3, -0.25) is 9.59 Å². The Bertz CT molecular complexity index is 1040. The second-order valence-electron chi connectivity index (χ2n) is 7.56. The molecule has 1 fully saturated rings. The van der Waals surface area contributed by atoms with Gasteiger partial charge in [0, 0.05) is 19.1 Å². The maximum Gasteiger partial charge on any atom is 0.313 e. The van der Waals surface area contributed by atoms with E-state index in [2.05, 4.69) is 10.6 Å². The van der Waals surface area contributed by atoms with E-state index in [0.717, 1.165) is 18.4 Å². The fraction of sp³-hybridized carbons (Fsp3) is 0.364. The lowest BCUT2D eigenvalue weighted by atomic mass is 10.0. The van der Waals surface area contributed by atoms with Gasteiger partial charge in [0.05, 0.1) is 15.6 Å². The van der Waals surface area contributed by atoms with E-state index in [-0.39, 0.29) is 17.5 Å². The lowest BCUT2D eigenvalue weighted by Gasteiger charge is -2.34. The van der Waals surface area contributed by atoms with Crippen LogP contribution in [-0.2, 0) is 19.6 Å². The molecular weight excluding hydrogens is 438 g/mol. The molecule has 31 heavy (non-hydrogen) atoms. The number of nitrogens with one attached hydrogen (secondary N) is 2.